The van der Waals surface area contributed by atoms with Crippen molar-refractivity contribution in [3.63, 3.8) is 0 Å². The molecule has 8 nitrogen and oxygen atoms in total. The zero-order valence-electron chi connectivity index (χ0n) is 17.8. The minimum Gasteiger partial charge on any atom is -0.618 e. The van der Waals surface area contributed by atoms with E-state index in [-0.39, 0.29) is 5.91 Å². The average molecular weight is 462 g/mol. The number of para-hydroxylation sites is 1. The van der Waals surface area contributed by atoms with Gasteiger partial charge in [0, 0.05) is 31.3 Å². The molecule has 5 rings (SSSR count). The predicted octanol–water partition coefficient (Wildman–Crippen LogP) is 4.26. The van der Waals surface area contributed by atoms with E-state index in [0.29, 0.717) is 58.9 Å². The van der Waals surface area contributed by atoms with Crippen LogP contribution in [0.1, 0.15) is 22.8 Å². The molecule has 0 saturated heterocycles. The molecular formula is C24H20ClN5O3. The molecule has 3 aromatic heterocycles. The molecule has 0 aliphatic carbocycles. The van der Waals surface area contributed by atoms with Crippen LogP contribution >= 0.6 is 11.6 Å². The Bertz CT molecular complexity index is 1380. The number of aromatic nitrogens is 3. The first kappa shape index (κ1) is 21.0. The Kier molecular flexibility index (Phi) is 5.43. The van der Waals surface area contributed by atoms with E-state index in [1.807, 2.05) is 36.1 Å². The fourth-order valence-electron chi connectivity index (χ4n) is 3.92. The summed E-state index contributed by atoms with van der Waals surface area (Å²) in [6.07, 6.45) is 3.71. The van der Waals surface area contributed by atoms with Crippen molar-refractivity contribution in [1.82, 2.24) is 9.97 Å². The van der Waals surface area contributed by atoms with Gasteiger partial charge in [0.25, 0.3) is 5.91 Å². The summed E-state index contributed by atoms with van der Waals surface area (Å²) >= 11 is 6.09. The number of ether oxygens (including phenoxy) is 1. The third kappa shape index (κ3) is 3.89. The number of carbonyl (C=O) groups is 1. The van der Waals surface area contributed by atoms with Gasteiger partial charge in [0.2, 0.25) is 5.52 Å². The lowest BCUT2D eigenvalue weighted by molar-refractivity contribution is -0.577. The molecule has 1 aromatic carbocycles. The van der Waals surface area contributed by atoms with Gasteiger partial charge >= 0.3 is 0 Å². The van der Waals surface area contributed by atoms with Crippen LogP contribution in [0.15, 0.2) is 60.9 Å². The summed E-state index contributed by atoms with van der Waals surface area (Å²) in [5.41, 5.74) is 2.45. The lowest BCUT2D eigenvalue weighted by Crippen LogP contribution is -2.26. The van der Waals surface area contributed by atoms with E-state index in [0.717, 1.165) is 15.7 Å². The van der Waals surface area contributed by atoms with Gasteiger partial charge in [-0.25, -0.2) is 9.97 Å². The third-order valence-electron chi connectivity index (χ3n) is 5.50. The number of hydrogen-bond acceptors (Lipinski definition) is 6. The lowest BCUT2D eigenvalue weighted by atomic mass is 10.1. The number of benzene rings is 1. The van der Waals surface area contributed by atoms with Gasteiger partial charge in [0.1, 0.15) is 16.7 Å². The van der Waals surface area contributed by atoms with E-state index in [1.54, 1.807) is 30.5 Å². The van der Waals surface area contributed by atoms with Crippen LogP contribution in [0.4, 0.5) is 17.3 Å². The van der Waals surface area contributed by atoms with Crippen molar-refractivity contribution in [1.29, 1.82) is 0 Å². The number of nitrogens with one attached hydrogen (secondary N) is 1. The lowest BCUT2D eigenvalue weighted by Gasteiger charge is -2.22. The van der Waals surface area contributed by atoms with Crippen molar-refractivity contribution >= 4 is 45.7 Å². The molecule has 33 heavy (non-hydrogen) atoms. The summed E-state index contributed by atoms with van der Waals surface area (Å²) in [7, 11) is 0. The van der Waals surface area contributed by atoms with E-state index >= 15 is 0 Å². The molecule has 1 aliphatic rings. The largest absolute Gasteiger partial charge is 0.618 e. The fourth-order valence-corrected chi connectivity index (χ4v) is 4.07. The van der Waals surface area contributed by atoms with E-state index < -0.39 is 0 Å². The second-order valence-corrected chi connectivity index (χ2v) is 7.93. The quantitative estimate of drug-likeness (QED) is 0.271. The maximum absolute atomic E-state index is 12.9. The molecule has 4 heterocycles. The summed E-state index contributed by atoms with van der Waals surface area (Å²) < 4.78 is 6.78. The van der Waals surface area contributed by atoms with Crippen molar-refractivity contribution in [2.45, 2.75) is 13.3 Å². The van der Waals surface area contributed by atoms with Crippen molar-refractivity contribution in [3.05, 3.63) is 82.4 Å². The smallest absolute Gasteiger partial charge is 0.259 e. The van der Waals surface area contributed by atoms with Gasteiger partial charge in [0.15, 0.2) is 12.0 Å². The van der Waals surface area contributed by atoms with Gasteiger partial charge in [-0.15, -0.1) is 0 Å². The van der Waals surface area contributed by atoms with E-state index in [1.165, 1.54) is 6.20 Å². The van der Waals surface area contributed by atoms with E-state index in [2.05, 4.69) is 15.3 Å². The number of rotatable bonds is 5. The molecule has 0 bridgehead atoms. The number of carbonyl (C=O) groups excluding carboxylic acids is 1. The second kappa shape index (κ2) is 8.55. The average Bonchev–Trinajstić information content (AvgIpc) is 2.94. The first-order valence-electron chi connectivity index (χ1n) is 10.5. The first-order chi connectivity index (χ1) is 16.0. The third-order valence-corrected chi connectivity index (χ3v) is 5.71. The first-order valence-corrected chi connectivity index (χ1v) is 10.9. The molecule has 1 amide bonds. The fraction of sp³-hybridized carbons (Fsp3) is 0.167. The number of pyridine rings is 3. The van der Waals surface area contributed by atoms with Crippen LogP contribution in [-0.4, -0.2) is 29.0 Å². The van der Waals surface area contributed by atoms with E-state index in [4.69, 9.17) is 16.3 Å². The van der Waals surface area contributed by atoms with Crippen LogP contribution in [0, 0.1) is 5.21 Å². The highest BCUT2D eigenvalue weighted by atomic mass is 35.5. The number of halogens is 1. The summed E-state index contributed by atoms with van der Waals surface area (Å²) in [4.78, 5) is 23.8. The molecule has 0 atom stereocenters. The summed E-state index contributed by atoms with van der Waals surface area (Å²) in [5.74, 6) is 1.47. The number of nitrogens with zero attached hydrogens (tertiary/aromatic N) is 4. The minimum absolute atomic E-state index is 0.254. The second-order valence-electron chi connectivity index (χ2n) is 7.54. The van der Waals surface area contributed by atoms with Gasteiger partial charge < -0.3 is 20.2 Å². The minimum atomic E-state index is -0.254. The molecule has 1 aliphatic heterocycles. The number of hydrogen-bond donors (Lipinski definition) is 1. The normalized spacial score (nSPS) is 12.7. The number of fused-ring (bicyclic) bond motifs is 3. The van der Waals surface area contributed by atoms with Crippen LogP contribution in [0.3, 0.4) is 0 Å². The molecule has 1 N–H and O–H groups in total. The summed E-state index contributed by atoms with van der Waals surface area (Å²) in [5, 5.41) is 16.0. The molecular weight excluding hydrogens is 442 g/mol. The Morgan fingerprint density at radius 1 is 1.18 bits per heavy atom. The highest BCUT2D eigenvalue weighted by Gasteiger charge is 2.27. The molecule has 0 spiro atoms. The molecule has 0 saturated carbocycles. The zero-order valence-corrected chi connectivity index (χ0v) is 18.5. The van der Waals surface area contributed by atoms with Crippen molar-refractivity contribution in [2.24, 2.45) is 0 Å². The van der Waals surface area contributed by atoms with Gasteiger partial charge in [0.05, 0.1) is 23.2 Å². The monoisotopic (exact) mass is 461 g/mol. The SMILES string of the molecule is CCN1c2nc(Cl)ccc2NC(=O)c2cc(CCOc3cc[n+]([O-])c4ccccc34)cnc21. The molecule has 0 unspecified atom stereocenters. The highest BCUT2D eigenvalue weighted by Crippen LogP contribution is 2.36. The van der Waals surface area contributed by atoms with E-state index in [9.17, 15) is 10.0 Å². The molecule has 9 heteroatoms. The van der Waals surface area contributed by atoms with Crippen LogP contribution in [0.25, 0.3) is 10.9 Å². The maximum Gasteiger partial charge on any atom is 0.259 e. The van der Waals surface area contributed by atoms with Gasteiger partial charge in [-0.3, -0.25) is 4.79 Å². The summed E-state index contributed by atoms with van der Waals surface area (Å²) in [6.45, 7) is 2.90. The highest BCUT2D eigenvalue weighted by molar-refractivity contribution is 6.29. The van der Waals surface area contributed by atoms with Crippen LogP contribution in [-0.2, 0) is 6.42 Å². The molecule has 0 fully saturated rings. The Labute approximate surface area is 195 Å². The molecule has 4 aromatic rings. The predicted molar refractivity (Wildman–Crippen MR) is 126 cm³/mol. The molecule has 0 radical (unpaired) electrons. The Morgan fingerprint density at radius 3 is 2.88 bits per heavy atom. The zero-order chi connectivity index (χ0) is 22.9. The number of anilines is 3. The summed E-state index contributed by atoms with van der Waals surface area (Å²) in [6, 6.07) is 14.1. The topological polar surface area (TPSA) is 94.3 Å². The van der Waals surface area contributed by atoms with Crippen LogP contribution in [0.2, 0.25) is 5.15 Å². The van der Waals surface area contributed by atoms with Crippen LogP contribution < -0.4 is 19.7 Å². The van der Waals surface area contributed by atoms with Gasteiger partial charge in [-0.05, 0) is 36.8 Å². The van der Waals surface area contributed by atoms with Crippen molar-refractivity contribution < 1.29 is 14.3 Å². The Morgan fingerprint density at radius 2 is 2.03 bits per heavy atom. The standard InChI is InChI=1S/C24H20ClN5O3/c1-2-29-22-17(24(31)27-18-7-8-21(25)28-23(18)29)13-15(14-26-22)10-12-33-20-9-11-30(32)19-6-4-3-5-16(19)20/h3-9,11,13-14H,2,10,12H2,1H3,(H,27,31). The number of amides is 1. The van der Waals surface area contributed by atoms with Gasteiger partial charge in [-0.1, -0.05) is 23.7 Å². The van der Waals surface area contributed by atoms with Crippen LogP contribution in [0.5, 0.6) is 5.75 Å². The van der Waals surface area contributed by atoms with Crippen molar-refractivity contribution in [2.75, 3.05) is 23.4 Å². The Hall–Kier alpha value is -3.91. The molecule has 166 valence electrons. The van der Waals surface area contributed by atoms with Crippen molar-refractivity contribution in [3.8, 4) is 5.75 Å². The van der Waals surface area contributed by atoms with Gasteiger partial charge in [-0.2, -0.15) is 4.73 Å². The Balaban J connectivity index is 1.39. The maximum atomic E-state index is 12.9.